The van der Waals surface area contributed by atoms with Crippen LogP contribution >= 0.6 is 24.8 Å². The maximum atomic E-state index is 5.68. The smallest absolute Gasteiger partial charge is 0.161 e. The Morgan fingerprint density at radius 2 is 1.36 bits per heavy atom. The van der Waals surface area contributed by atoms with Gasteiger partial charge in [0.1, 0.15) is 0 Å². The van der Waals surface area contributed by atoms with Crippen LogP contribution in [0.25, 0.3) is 0 Å². The van der Waals surface area contributed by atoms with E-state index in [4.69, 9.17) is 18.9 Å². The highest BCUT2D eigenvalue weighted by molar-refractivity contribution is 5.85. The van der Waals surface area contributed by atoms with Gasteiger partial charge >= 0.3 is 0 Å². The van der Waals surface area contributed by atoms with Gasteiger partial charge in [0.15, 0.2) is 23.0 Å². The lowest BCUT2D eigenvalue weighted by atomic mass is 9.68. The van der Waals surface area contributed by atoms with E-state index in [0.717, 1.165) is 68.3 Å². The zero-order valence-electron chi connectivity index (χ0n) is 25.5. The molecule has 0 fully saturated rings. The summed E-state index contributed by atoms with van der Waals surface area (Å²) < 4.78 is 22.0. The van der Waals surface area contributed by atoms with Crippen molar-refractivity contribution in [3.05, 3.63) is 47.5 Å². The van der Waals surface area contributed by atoms with Crippen molar-refractivity contribution >= 4 is 24.8 Å². The normalized spacial score (nSPS) is 13.2. The van der Waals surface area contributed by atoms with Crippen LogP contribution in [-0.2, 0) is 11.8 Å². The van der Waals surface area contributed by atoms with Gasteiger partial charge < -0.3 is 29.2 Å². The largest absolute Gasteiger partial charge is 0.493 e. The third kappa shape index (κ3) is 10.2. The Morgan fingerprint density at radius 1 is 0.795 bits per heavy atom. The maximum Gasteiger partial charge on any atom is 0.161 e. The molecule has 6 nitrogen and oxygen atoms in total. The van der Waals surface area contributed by atoms with E-state index in [1.54, 1.807) is 28.4 Å². The van der Waals surface area contributed by atoms with E-state index in [2.05, 4.69) is 69.2 Å². The molecule has 0 saturated carbocycles. The van der Waals surface area contributed by atoms with Crippen LogP contribution in [0.1, 0.15) is 58.1 Å². The molecule has 0 saturated heterocycles. The summed E-state index contributed by atoms with van der Waals surface area (Å²) in [4.78, 5) is 2.43. The van der Waals surface area contributed by atoms with Crippen molar-refractivity contribution in [3.63, 3.8) is 0 Å². The number of likely N-dealkylation sites (N-methyl/N-ethyl adjacent to an activating group) is 1. The molecule has 2 unspecified atom stereocenters. The highest BCUT2D eigenvalue weighted by Crippen LogP contribution is 2.40. The van der Waals surface area contributed by atoms with E-state index in [1.165, 1.54) is 11.1 Å². The standard InChI is InChI=1S/C31H50N2O4.2ClH/c1-10-24(4)32-22-31(23(2)3,26-13-15-28(35-7)30(21-26)37-9)17-11-18-33(5)19-16-25-12-14-27(34-6)29(20-25)36-8;;/h12-15,20-21,23-24,32H,10-11,16-19,22H2,1-9H3;2*1H. The van der Waals surface area contributed by atoms with Crippen molar-refractivity contribution < 1.29 is 18.9 Å². The van der Waals surface area contributed by atoms with Crippen LogP contribution in [0.2, 0.25) is 0 Å². The van der Waals surface area contributed by atoms with E-state index >= 15 is 0 Å². The van der Waals surface area contributed by atoms with Crippen molar-refractivity contribution in [2.45, 2.75) is 64.8 Å². The second-order valence-corrected chi connectivity index (χ2v) is 10.4. The Kier molecular flexibility index (Phi) is 17.6. The molecule has 0 aliphatic carbocycles. The minimum Gasteiger partial charge on any atom is -0.493 e. The fourth-order valence-electron chi connectivity index (χ4n) is 4.94. The third-order valence-electron chi connectivity index (χ3n) is 7.83. The predicted molar refractivity (Wildman–Crippen MR) is 168 cm³/mol. The molecular weight excluding hydrogens is 535 g/mol. The van der Waals surface area contributed by atoms with Crippen LogP contribution in [0, 0.1) is 5.92 Å². The van der Waals surface area contributed by atoms with Gasteiger partial charge in [-0.05, 0) is 87.5 Å². The molecule has 224 valence electrons. The number of ether oxygens (including phenoxy) is 4. The summed E-state index contributed by atoms with van der Waals surface area (Å²) in [6, 6.07) is 13.1. The summed E-state index contributed by atoms with van der Waals surface area (Å²) in [6.07, 6.45) is 4.28. The van der Waals surface area contributed by atoms with Gasteiger partial charge in [-0.1, -0.05) is 32.9 Å². The van der Waals surface area contributed by atoms with Crippen LogP contribution < -0.4 is 24.3 Å². The number of methoxy groups -OCH3 is 4. The molecule has 2 rings (SSSR count). The lowest BCUT2D eigenvalue weighted by Crippen LogP contribution is -2.45. The zero-order valence-corrected chi connectivity index (χ0v) is 27.1. The molecule has 2 aromatic carbocycles. The van der Waals surface area contributed by atoms with E-state index in [1.807, 2.05) is 12.1 Å². The Bertz CT molecular complexity index is 960. The number of nitrogens with zero attached hydrogens (tertiary/aromatic N) is 1. The molecule has 2 aromatic rings. The zero-order chi connectivity index (χ0) is 27.4. The van der Waals surface area contributed by atoms with Crippen molar-refractivity contribution in [1.82, 2.24) is 10.2 Å². The SMILES string of the molecule is CCC(C)NCC(CCCN(C)CCc1ccc(OC)c(OC)c1)(c1ccc(OC)c(OC)c1)C(C)C.Cl.Cl. The monoisotopic (exact) mass is 586 g/mol. The lowest BCUT2D eigenvalue weighted by Gasteiger charge is -2.40. The summed E-state index contributed by atoms with van der Waals surface area (Å²) in [5, 5.41) is 3.82. The predicted octanol–water partition coefficient (Wildman–Crippen LogP) is 6.80. The molecule has 1 N–H and O–H groups in total. The van der Waals surface area contributed by atoms with Crippen LogP contribution in [0.15, 0.2) is 36.4 Å². The summed E-state index contributed by atoms with van der Waals surface area (Å²) in [5.41, 5.74) is 2.56. The van der Waals surface area contributed by atoms with Gasteiger partial charge in [-0.2, -0.15) is 0 Å². The van der Waals surface area contributed by atoms with Crippen molar-refractivity contribution in [2.75, 3.05) is 55.1 Å². The molecule has 0 amide bonds. The second-order valence-electron chi connectivity index (χ2n) is 10.4. The van der Waals surface area contributed by atoms with E-state index in [-0.39, 0.29) is 30.2 Å². The molecule has 0 aliphatic rings. The van der Waals surface area contributed by atoms with Gasteiger partial charge in [0.2, 0.25) is 0 Å². The number of benzene rings is 2. The molecule has 0 radical (unpaired) electrons. The number of nitrogens with one attached hydrogen (secondary N) is 1. The van der Waals surface area contributed by atoms with Crippen molar-refractivity contribution in [1.29, 1.82) is 0 Å². The van der Waals surface area contributed by atoms with Crippen LogP contribution in [-0.4, -0.2) is 66.1 Å². The van der Waals surface area contributed by atoms with E-state index in [9.17, 15) is 0 Å². The van der Waals surface area contributed by atoms with Gasteiger partial charge in [0, 0.05) is 24.5 Å². The highest BCUT2D eigenvalue weighted by atomic mass is 35.5. The van der Waals surface area contributed by atoms with Gasteiger partial charge in [-0.15, -0.1) is 24.8 Å². The minimum atomic E-state index is -0.00677. The average molecular weight is 588 g/mol. The minimum absolute atomic E-state index is 0. The number of hydrogen-bond acceptors (Lipinski definition) is 6. The first kappa shape index (κ1) is 37.1. The fraction of sp³-hybridized carbons (Fsp3) is 0.613. The topological polar surface area (TPSA) is 52.2 Å². The number of halogens is 2. The summed E-state index contributed by atoms with van der Waals surface area (Å²) in [5.74, 6) is 3.58. The Labute approximate surface area is 249 Å². The molecule has 0 heterocycles. The summed E-state index contributed by atoms with van der Waals surface area (Å²) >= 11 is 0. The highest BCUT2D eigenvalue weighted by Gasteiger charge is 2.36. The average Bonchev–Trinajstić information content (AvgIpc) is 2.92. The number of rotatable bonds is 17. The van der Waals surface area contributed by atoms with Crippen LogP contribution in [0.5, 0.6) is 23.0 Å². The molecule has 0 aliphatic heterocycles. The van der Waals surface area contributed by atoms with Gasteiger partial charge in [-0.3, -0.25) is 0 Å². The first-order chi connectivity index (χ1) is 17.7. The molecular formula is C31H52Cl2N2O4. The van der Waals surface area contributed by atoms with E-state index < -0.39 is 0 Å². The molecule has 2 atom stereocenters. The van der Waals surface area contributed by atoms with Gasteiger partial charge in [0.05, 0.1) is 28.4 Å². The first-order valence-electron chi connectivity index (χ1n) is 13.6. The van der Waals surface area contributed by atoms with E-state index in [0.29, 0.717) is 12.0 Å². The van der Waals surface area contributed by atoms with Crippen LogP contribution in [0.3, 0.4) is 0 Å². The third-order valence-corrected chi connectivity index (χ3v) is 7.83. The molecule has 39 heavy (non-hydrogen) atoms. The number of hydrogen-bond donors (Lipinski definition) is 1. The van der Waals surface area contributed by atoms with Gasteiger partial charge in [-0.25, -0.2) is 0 Å². The first-order valence-corrected chi connectivity index (χ1v) is 13.6. The molecule has 0 bridgehead atoms. The molecule has 0 aromatic heterocycles. The second kappa shape index (κ2) is 18.5. The quantitative estimate of drug-likeness (QED) is 0.220. The van der Waals surface area contributed by atoms with Crippen LogP contribution in [0.4, 0.5) is 0 Å². The molecule has 0 spiro atoms. The van der Waals surface area contributed by atoms with Crippen molar-refractivity contribution in [3.8, 4) is 23.0 Å². The van der Waals surface area contributed by atoms with Gasteiger partial charge in [0.25, 0.3) is 0 Å². The molecule has 8 heteroatoms. The Morgan fingerprint density at radius 3 is 1.90 bits per heavy atom. The lowest BCUT2D eigenvalue weighted by molar-refractivity contribution is 0.234. The fourth-order valence-corrected chi connectivity index (χ4v) is 4.94. The summed E-state index contributed by atoms with van der Waals surface area (Å²) in [7, 11) is 8.97. The Balaban J connectivity index is 0.00000722. The van der Waals surface area contributed by atoms with Crippen molar-refractivity contribution in [2.24, 2.45) is 5.92 Å². The maximum absolute atomic E-state index is 5.68. The Hall–Kier alpha value is -1.86. The summed E-state index contributed by atoms with van der Waals surface area (Å²) in [6.45, 7) is 12.2.